The molecule has 2 fully saturated rings. The second kappa shape index (κ2) is 26.0. The maximum absolute atomic E-state index is 15.9. The van der Waals surface area contributed by atoms with Gasteiger partial charge in [0.2, 0.25) is 23.7 Å². The molecule has 8 rings (SSSR count). The van der Waals surface area contributed by atoms with Gasteiger partial charge in [0.1, 0.15) is 48.0 Å². The summed E-state index contributed by atoms with van der Waals surface area (Å²) < 4.78 is 117. The average molecular weight is 1180 g/mol. The summed E-state index contributed by atoms with van der Waals surface area (Å²) in [5.41, 5.74) is 7.42. The number of para-hydroxylation sites is 2. The highest BCUT2D eigenvalue weighted by Gasteiger charge is 2.57. The molecule has 2 saturated heterocycles. The van der Waals surface area contributed by atoms with E-state index in [1.807, 2.05) is 0 Å². The van der Waals surface area contributed by atoms with Gasteiger partial charge in [0.05, 0.1) is 52.3 Å². The van der Waals surface area contributed by atoms with Gasteiger partial charge in [0, 0.05) is 0 Å². The van der Waals surface area contributed by atoms with Gasteiger partial charge in [-0.15, -0.1) is 0 Å². The predicted octanol–water partition coefficient (Wildman–Crippen LogP) is 4.25. The number of esters is 2. The van der Waals surface area contributed by atoms with Crippen molar-refractivity contribution in [3.05, 3.63) is 73.3 Å². The van der Waals surface area contributed by atoms with Gasteiger partial charge in [-0.1, -0.05) is 36.4 Å². The molecule has 2 aromatic carbocycles. The Hall–Kier alpha value is -6.76. The molecule has 81 heavy (non-hydrogen) atoms. The molecule has 0 aliphatic carbocycles. The van der Waals surface area contributed by atoms with Crippen molar-refractivity contribution in [2.24, 2.45) is 0 Å². The number of benzene rings is 2. The van der Waals surface area contributed by atoms with Gasteiger partial charge in [-0.05, 0) is 79.7 Å². The van der Waals surface area contributed by atoms with E-state index in [9.17, 15) is 28.9 Å². The van der Waals surface area contributed by atoms with Crippen LogP contribution in [0.2, 0.25) is 0 Å². The monoisotopic (exact) mass is 1180 g/mol. The number of ether oxygens (including phenoxy) is 6. The lowest BCUT2D eigenvalue weighted by molar-refractivity contribution is -0.150. The highest BCUT2D eigenvalue weighted by atomic mass is 31.2. The minimum atomic E-state index is -4.29. The molecular weight excluding hydrogens is 1120 g/mol. The molecule has 12 atom stereocenters. The minimum Gasteiger partial charge on any atom is -0.479 e. The largest absolute Gasteiger partial charge is 0.479 e. The van der Waals surface area contributed by atoms with E-state index < -0.39 is 113 Å². The van der Waals surface area contributed by atoms with Crippen LogP contribution in [-0.2, 0) is 46.7 Å². The number of carbonyl (C=O) groups is 2. The van der Waals surface area contributed by atoms with Crippen LogP contribution in [0.1, 0.15) is 67.8 Å². The third-order valence-corrected chi connectivity index (χ3v) is 15.3. The Morgan fingerprint density at radius 2 is 1.00 bits per heavy atom. The Labute approximate surface area is 462 Å². The molecule has 2 aliphatic heterocycles. The van der Waals surface area contributed by atoms with Crippen LogP contribution in [0.15, 0.2) is 73.3 Å². The summed E-state index contributed by atoms with van der Waals surface area (Å²) in [5.74, 6) is -1.13. The fourth-order valence-electron chi connectivity index (χ4n) is 8.15. The van der Waals surface area contributed by atoms with E-state index in [1.165, 1.54) is 74.1 Å². The number of carbonyl (C=O) groups excluding carboxylic acids is 2. The lowest BCUT2D eigenvalue weighted by atomic mass is 9.98. The van der Waals surface area contributed by atoms with Gasteiger partial charge in [-0.25, -0.2) is 27.9 Å². The quantitative estimate of drug-likeness (QED) is 0.0408. The average Bonchev–Trinajstić information content (AvgIpc) is 4.30. The number of nitrogen functional groups attached to an aromatic ring is 2. The number of methoxy groups -OCH3 is 2. The Kier molecular flexibility index (Phi) is 20.4. The highest BCUT2D eigenvalue weighted by Crippen LogP contribution is 2.50. The second-order valence-corrected chi connectivity index (χ2v) is 22.5. The van der Waals surface area contributed by atoms with Crippen LogP contribution in [0.3, 0.4) is 0 Å². The van der Waals surface area contributed by atoms with Crippen molar-refractivity contribution in [1.29, 1.82) is 0 Å². The van der Waals surface area contributed by atoms with Crippen LogP contribution in [0.5, 0.6) is 23.3 Å². The standard InChI is InChI=1S/2C24H32FN6O8P.H2O/c2*1-13(2)37-21(33)14(3)30-40(34,39-15-9-7-6-8-10-15)36-11-16-18(32)24(4,25)22(38-16)31-12-27-17-19(31)28-23(26)29-20(17)35-5;/h2*6-10,12-14,16,18,22,32H,11H2,1-5H3,(H,30,34)(H2,26,28,29);1H2/t2*14-,16+,18+,22+,24+,40-;/m00./s1. The smallest absolute Gasteiger partial charge is 0.459 e. The van der Waals surface area contributed by atoms with Crippen molar-refractivity contribution in [2.45, 2.75) is 128 Å². The molecule has 0 unspecified atom stereocenters. The number of imidazole rings is 2. The third-order valence-electron chi connectivity index (χ3n) is 12.0. The zero-order valence-corrected chi connectivity index (χ0v) is 47.4. The molecule has 0 spiro atoms. The maximum Gasteiger partial charge on any atom is 0.459 e. The summed E-state index contributed by atoms with van der Waals surface area (Å²) in [7, 11) is -5.84. The van der Waals surface area contributed by atoms with E-state index in [4.69, 9.17) is 58.0 Å². The molecule has 0 radical (unpaired) electrons. The third kappa shape index (κ3) is 14.7. The number of rotatable bonds is 22. The van der Waals surface area contributed by atoms with E-state index in [2.05, 4.69) is 40.1 Å². The van der Waals surface area contributed by atoms with Gasteiger partial charge in [0.15, 0.2) is 46.1 Å². The number of aromatic nitrogens is 8. The van der Waals surface area contributed by atoms with Crippen LogP contribution >= 0.6 is 15.5 Å². The summed E-state index contributed by atoms with van der Waals surface area (Å²) in [4.78, 5) is 49.2. The van der Waals surface area contributed by atoms with E-state index in [-0.39, 0.29) is 63.0 Å². The molecule has 6 aromatic rings. The summed E-state index contributed by atoms with van der Waals surface area (Å²) in [6, 6.07) is 14.0. The topological polar surface area (TPSA) is 396 Å². The first-order valence-electron chi connectivity index (χ1n) is 24.8. The SMILES string of the molecule is COc1nc(N)nc2c1ncn2[C@@H]1O[C@H](CO[P@@](=O)(N[C@@H](C)C(=O)OC(C)C)Oc2ccccc2)[C@@H](O)[C@@]1(C)F.COc1nc(N)nc2c1ncn2[C@@H]1O[C@H](CO[P@@](=O)(N[C@@H](C)C(=O)OC(C)C)Oc2ccccc2)[C@@H](O)[C@@]1(C)F.O. The van der Waals surface area contributed by atoms with E-state index in [0.717, 1.165) is 13.8 Å². The fourth-order valence-corrected chi connectivity index (χ4v) is 11.2. The van der Waals surface area contributed by atoms with Crippen LogP contribution in [-0.4, -0.2) is 154 Å². The number of nitrogens with two attached hydrogens (primary N) is 2. The predicted molar refractivity (Wildman–Crippen MR) is 284 cm³/mol. The number of nitrogens with zero attached hydrogens (tertiary/aromatic N) is 8. The Balaban J connectivity index is 0.000000258. The number of alkyl halides is 2. The van der Waals surface area contributed by atoms with E-state index in [0.29, 0.717) is 0 Å². The zero-order chi connectivity index (χ0) is 58.5. The van der Waals surface area contributed by atoms with E-state index in [1.54, 1.807) is 64.1 Å². The molecule has 10 N–H and O–H groups in total. The van der Waals surface area contributed by atoms with Crippen molar-refractivity contribution < 1.29 is 89.7 Å². The fraction of sp³-hybridized carbons (Fsp3) is 0.500. The molecule has 444 valence electrons. The van der Waals surface area contributed by atoms with Crippen LogP contribution in [0.25, 0.3) is 22.3 Å². The van der Waals surface area contributed by atoms with Gasteiger partial charge in [-0.3, -0.25) is 27.8 Å². The number of aliphatic hydroxyl groups excluding tert-OH is 2. The summed E-state index contributed by atoms with van der Waals surface area (Å²) in [6.45, 7) is 10.7. The second-order valence-electron chi connectivity index (χ2n) is 19.1. The summed E-state index contributed by atoms with van der Waals surface area (Å²) in [5, 5.41) is 26.8. The molecule has 0 saturated carbocycles. The van der Waals surface area contributed by atoms with Crippen molar-refractivity contribution in [1.82, 2.24) is 49.2 Å². The van der Waals surface area contributed by atoms with Crippen LogP contribution in [0.4, 0.5) is 20.7 Å². The first-order chi connectivity index (χ1) is 37.7. The van der Waals surface area contributed by atoms with Crippen molar-refractivity contribution in [3.63, 3.8) is 0 Å². The highest BCUT2D eigenvalue weighted by molar-refractivity contribution is 7.52. The lowest BCUT2D eigenvalue weighted by Gasteiger charge is -2.25. The van der Waals surface area contributed by atoms with Gasteiger partial charge in [0.25, 0.3) is 0 Å². The van der Waals surface area contributed by atoms with E-state index >= 15 is 8.78 Å². The Morgan fingerprint density at radius 1 is 0.654 bits per heavy atom. The van der Waals surface area contributed by atoms with Gasteiger partial charge in [-0.2, -0.15) is 30.1 Å². The van der Waals surface area contributed by atoms with Gasteiger partial charge < -0.3 is 64.6 Å². The number of anilines is 2. The molecule has 4 aromatic heterocycles. The van der Waals surface area contributed by atoms with Crippen molar-refractivity contribution >= 4 is 61.7 Å². The number of halogens is 2. The van der Waals surface area contributed by atoms with Crippen molar-refractivity contribution in [2.75, 3.05) is 38.9 Å². The molecule has 29 nitrogen and oxygen atoms in total. The molecule has 0 amide bonds. The normalized spacial score (nSPS) is 24.7. The molecule has 0 bridgehead atoms. The molecular formula is C48H66F2N12O17P2. The summed E-state index contributed by atoms with van der Waals surface area (Å²) >= 11 is 0. The van der Waals surface area contributed by atoms with Gasteiger partial charge >= 0.3 is 27.4 Å². The number of fused-ring (bicyclic) bond motifs is 2. The number of hydrogen-bond acceptors (Lipinski definition) is 24. The van der Waals surface area contributed by atoms with Crippen molar-refractivity contribution in [3.8, 4) is 23.3 Å². The first-order valence-corrected chi connectivity index (χ1v) is 27.9. The first kappa shape index (κ1) is 63.4. The Morgan fingerprint density at radius 3 is 1.32 bits per heavy atom. The Bertz CT molecular complexity index is 2990. The summed E-state index contributed by atoms with van der Waals surface area (Å²) in [6.07, 6.45) is -7.25. The number of nitrogens with one attached hydrogen (secondary N) is 2. The lowest BCUT2D eigenvalue weighted by Crippen LogP contribution is -2.41. The zero-order valence-electron chi connectivity index (χ0n) is 45.6. The van der Waals surface area contributed by atoms with Crippen LogP contribution < -0.4 is 40.2 Å². The molecule has 2 aliphatic rings. The number of hydrogen-bond donors (Lipinski definition) is 6. The minimum absolute atomic E-state index is 0. The number of aliphatic hydroxyl groups is 2. The van der Waals surface area contributed by atoms with Crippen LogP contribution in [0, 0.1) is 0 Å². The molecule has 33 heteroatoms. The molecule has 6 heterocycles. The maximum atomic E-state index is 15.9.